The molecular weight excluding hydrogens is 214 g/mol. The fourth-order valence-electron chi connectivity index (χ4n) is 1.64. The van der Waals surface area contributed by atoms with Crippen molar-refractivity contribution in [2.75, 3.05) is 20.6 Å². The fraction of sp³-hybridized carbons (Fsp3) is 0.923. The van der Waals surface area contributed by atoms with E-state index in [0.717, 1.165) is 6.42 Å². The highest BCUT2D eigenvalue weighted by atomic mass is 16.1. The zero-order valence-electron chi connectivity index (χ0n) is 12.2. The molecule has 3 unspecified atom stereocenters. The van der Waals surface area contributed by atoms with Crippen LogP contribution < -0.4 is 11.1 Å². The Morgan fingerprint density at radius 3 is 2.12 bits per heavy atom. The molecule has 0 radical (unpaired) electrons. The van der Waals surface area contributed by atoms with Gasteiger partial charge in [0.15, 0.2) is 0 Å². The van der Waals surface area contributed by atoms with Gasteiger partial charge in [0.05, 0.1) is 0 Å². The normalized spacial score (nSPS) is 17.0. The summed E-state index contributed by atoms with van der Waals surface area (Å²) in [5, 5.41) is 2.99. The van der Waals surface area contributed by atoms with Crippen molar-refractivity contribution in [3.63, 3.8) is 0 Å². The summed E-state index contributed by atoms with van der Waals surface area (Å²) < 4.78 is 0. The molecule has 17 heavy (non-hydrogen) atoms. The number of carbonyl (C=O) groups excluding carboxylic acids is 1. The van der Waals surface area contributed by atoms with Crippen LogP contribution in [0.2, 0.25) is 0 Å². The highest BCUT2D eigenvalue weighted by Gasteiger charge is 2.19. The zero-order valence-corrected chi connectivity index (χ0v) is 12.2. The maximum atomic E-state index is 11.8. The van der Waals surface area contributed by atoms with Crippen molar-refractivity contribution >= 4 is 5.91 Å². The maximum Gasteiger partial charge on any atom is 0.224 e. The first kappa shape index (κ1) is 16.4. The van der Waals surface area contributed by atoms with Crippen molar-refractivity contribution in [1.29, 1.82) is 0 Å². The van der Waals surface area contributed by atoms with Crippen LogP contribution in [0.4, 0.5) is 0 Å². The van der Waals surface area contributed by atoms with Crippen LogP contribution in [-0.2, 0) is 4.79 Å². The maximum absolute atomic E-state index is 11.8. The van der Waals surface area contributed by atoms with E-state index in [9.17, 15) is 4.79 Å². The molecule has 0 fully saturated rings. The quantitative estimate of drug-likeness (QED) is 0.703. The van der Waals surface area contributed by atoms with Gasteiger partial charge in [-0.3, -0.25) is 4.79 Å². The summed E-state index contributed by atoms with van der Waals surface area (Å²) in [6.07, 6.45) is 1.08. The van der Waals surface area contributed by atoms with Gasteiger partial charge in [-0.1, -0.05) is 20.8 Å². The Morgan fingerprint density at radius 2 is 1.76 bits per heavy atom. The summed E-state index contributed by atoms with van der Waals surface area (Å²) in [5.41, 5.74) is 5.71. The van der Waals surface area contributed by atoms with Gasteiger partial charge in [0, 0.05) is 24.5 Å². The molecule has 0 aromatic heterocycles. The largest absolute Gasteiger partial charge is 0.354 e. The first-order valence-corrected chi connectivity index (χ1v) is 6.45. The summed E-state index contributed by atoms with van der Waals surface area (Å²) in [5.74, 6) is 0.553. The van der Waals surface area contributed by atoms with E-state index in [1.165, 1.54) is 0 Å². The Hall–Kier alpha value is -0.610. The molecular formula is C13H29N3O. The van der Waals surface area contributed by atoms with Crippen LogP contribution in [0.5, 0.6) is 0 Å². The van der Waals surface area contributed by atoms with Crippen LogP contribution in [0.3, 0.4) is 0 Å². The summed E-state index contributed by atoms with van der Waals surface area (Å²) in [4.78, 5) is 14.0. The smallest absolute Gasteiger partial charge is 0.224 e. The molecule has 102 valence electrons. The van der Waals surface area contributed by atoms with E-state index >= 15 is 0 Å². The first-order valence-electron chi connectivity index (χ1n) is 6.45. The number of rotatable bonds is 7. The van der Waals surface area contributed by atoms with Gasteiger partial charge in [0.2, 0.25) is 5.91 Å². The van der Waals surface area contributed by atoms with E-state index in [0.29, 0.717) is 18.5 Å². The standard InChI is InChI=1S/C13H29N3O/c1-9(2)7-12(16(5)6)8-15-13(17)10(3)11(4)14/h9-12H,7-8,14H2,1-6H3,(H,15,17). The van der Waals surface area contributed by atoms with Crippen LogP contribution >= 0.6 is 0 Å². The summed E-state index contributed by atoms with van der Waals surface area (Å²) in [7, 11) is 4.10. The molecule has 0 spiro atoms. The molecule has 0 aromatic carbocycles. The monoisotopic (exact) mass is 243 g/mol. The fourth-order valence-corrected chi connectivity index (χ4v) is 1.64. The van der Waals surface area contributed by atoms with Gasteiger partial charge in [-0.2, -0.15) is 0 Å². The van der Waals surface area contributed by atoms with Crippen LogP contribution in [0.25, 0.3) is 0 Å². The number of nitrogens with zero attached hydrogens (tertiary/aromatic N) is 1. The number of carbonyl (C=O) groups is 1. The van der Waals surface area contributed by atoms with E-state index in [4.69, 9.17) is 5.73 Å². The third-order valence-corrected chi connectivity index (χ3v) is 3.19. The van der Waals surface area contributed by atoms with Gasteiger partial charge in [0.25, 0.3) is 0 Å². The third kappa shape index (κ3) is 6.64. The summed E-state index contributed by atoms with van der Waals surface area (Å²) in [6, 6.07) is 0.289. The van der Waals surface area contributed by atoms with Crippen molar-refractivity contribution in [1.82, 2.24) is 10.2 Å². The van der Waals surface area contributed by atoms with Crippen LogP contribution in [0.1, 0.15) is 34.1 Å². The lowest BCUT2D eigenvalue weighted by Crippen LogP contribution is -2.45. The van der Waals surface area contributed by atoms with E-state index in [2.05, 4.69) is 24.1 Å². The first-order chi connectivity index (χ1) is 7.75. The Bertz CT molecular complexity index is 227. The van der Waals surface area contributed by atoms with E-state index < -0.39 is 0 Å². The topological polar surface area (TPSA) is 58.4 Å². The molecule has 0 aliphatic heterocycles. The second-order valence-corrected chi connectivity index (χ2v) is 5.64. The predicted octanol–water partition coefficient (Wildman–Crippen LogP) is 1.06. The SMILES string of the molecule is CC(C)CC(CNC(=O)C(C)C(C)N)N(C)C. The lowest BCUT2D eigenvalue weighted by Gasteiger charge is -2.27. The second kappa shape index (κ2) is 7.67. The minimum atomic E-state index is -0.128. The second-order valence-electron chi connectivity index (χ2n) is 5.64. The van der Waals surface area contributed by atoms with Crippen LogP contribution in [-0.4, -0.2) is 43.5 Å². The molecule has 4 heteroatoms. The number of amides is 1. The number of nitrogens with one attached hydrogen (secondary N) is 1. The lowest BCUT2D eigenvalue weighted by molar-refractivity contribution is -0.125. The summed E-state index contributed by atoms with van der Waals surface area (Å²) >= 11 is 0. The Morgan fingerprint density at radius 1 is 1.24 bits per heavy atom. The van der Waals surface area contributed by atoms with Gasteiger partial charge in [-0.15, -0.1) is 0 Å². The molecule has 4 nitrogen and oxygen atoms in total. The van der Waals surface area contributed by atoms with Crippen molar-refractivity contribution in [2.45, 2.75) is 46.2 Å². The van der Waals surface area contributed by atoms with Crippen molar-refractivity contribution in [2.24, 2.45) is 17.6 Å². The highest BCUT2D eigenvalue weighted by Crippen LogP contribution is 2.08. The number of nitrogens with two attached hydrogens (primary N) is 1. The van der Waals surface area contributed by atoms with Crippen molar-refractivity contribution in [3.05, 3.63) is 0 Å². The Kier molecular flexibility index (Phi) is 7.39. The van der Waals surface area contributed by atoms with Gasteiger partial charge in [0.1, 0.15) is 0 Å². The minimum absolute atomic E-state index is 0.0515. The minimum Gasteiger partial charge on any atom is -0.354 e. The average molecular weight is 243 g/mol. The van der Waals surface area contributed by atoms with Crippen molar-refractivity contribution in [3.8, 4) is 0 Å². The predicted molar refractivity (Wildman–Crippen MR) is 72.8 cm³/mol. The number of hydrogen-bond acceptors (Lipinski definition) is 3. The molecule has 3 atom stereocenters. The van der Waals surface area contributed by atoms with Crippen LogP contribution in [0, 0.1) is 11.8 Å². The molecule has 0 heterocycles. The van der Waals surface area contributed by atoms with E-state index in [1.807, 2.05) is 27.9 Å². The highest BCUT2D eigenvalue weighted by molar-refractivity contribution is 5.78. The van der Waals surface area contributed by atoms with Gasteiger partial charge >= 0.3 is 0 Å². The molecule has 0 aliphatic rings. The van der Waals surface area contributed by atoms with Gasteiger partial charge in [-0.05, 0) is 33.4 Å². The molecule has 0 rings (SSSR count). The van der Waals surface area contributed by atoms with Crippen molar-refractivity contribution < 1.29 is 4.79 Å². The molecule has 0 saturated carbocycles. The van der Waals surface area contributed by atoms with Gasteiger partial charge in [-0.25, -0.2) is 0 Å². The molecule has 1 amide bonds. The van der Waals surface area contributed by atoms with E-state index in [-0.39, 0.29) is 17.9 Å². The Labute approximate surface area is 106 Å². The third-order valence-electron chi connectivity index (χ3n) is 3.19. The summed E-state index contributed by atoms with van der Waals surface area (Å²) in [6.45, 7) is 8.82. The van der Waals surface area contributed by atoms with E-state index in [1.54, 1.807) is 0 Å². The van der Waals surface area contributed by atoms with Crippen LogP contribution in [0.15, 0.2) is 0 Å². The molecule has 0 bridgehead atoms. The number of hydrogen-bond donors (Lipinski definition) is 2. The lowest BCUT2D eigenvalue weighted by atomic mass is 10.0. The molecule has 0 saturated heterocycles. The molecule has 0 aromatic rings. The zero-order chi connectivity index (χ0) is 13.6. The Balaban J connectivity index is 4.17. The average Bonchev–Trinajstić information content (AvgIpc) is 2.21. The molecule has 0 aliphatic carbocycles. The van der Waals surface area contributed by atoms with Gasteiger partial charge < -0.3 is 16.0 Å². The number of likely N-dealkylation sites (N-methyl/N-ethyl adjacent to an activating group) is 1. The molecule has 3 N–H and O–H groups in total.